The van der Waals surface area contributed by atoms with Crippen LogP contribution in [0.1, 0.15) is 5.56 Å². The predicted octanol–water partition coefficient (Wildman–Crippen LogP) is 2.76. The van der Waals surface area contributed by atoms with E-state index in [4.69, 9.17) is 10.5 Å². The molecular formula is C12H12N2O. The molecule has 3 nitrogen and oxygen atoms in total. The minimum Gasteiger partial charge on any atom is -0.439 e. The Morgan fingerprint density at radius 3 is 2.60 bits per heavy atom. The number of hydrogen-bond donors (Lipinski definition) is 1. The molecule has 0 aliphatic heterocycles. The molecule has 0 unspecified atom stereocenters. The Kier molecular flexibility index (Phi) is 2.54. The summed E-state index contributed by atoms with van der Waals surface area (Å²) in [6.45, 7) is 1.91. The van der Waals surface area contributed by atoms with Crippen molar-refractivity contribution in [3.8, 4) is 11.6 Å². The van der Waals surface area contributed by atoms with Crippen LogP contribution in [-0.2, 0) is 0 Å². The number of pyridine rings is 1. The molecule has 0 aliphatic carbocycles. The molecular weight excluding hydrogens is 188 g/mol. The van der Waals surface area contributed by atoms with E-state index >= 15 is 0 Å². The quantitative estimate of drug-likeness (QED) is 0.810. The van der Waals surface area contributed by atoms with Gasteiger partial charge in [-0.15, -0.1) is 0 Å². The topological polar surface area (TPSA) is 48.1 Å². The highest BCUT2D eigenvalue weighted by Gasteiger charge is 2.00. The normalized spacial score (nSPS) is 9.93. The first-order chi connectivity index (χ1) is 7.25. The average Bonchev–Trinajstić information content (AvgIpc) is 2.25. The number of hydrogen-bond acceptors (Lipinski definition) is 3. The third-order valence-electron chi connectivity index (χ3n) is 2.09. The number of anilines is 1. The van der Waals surface area contributed by atoms with Crippen molar-refractivity contribution < 1.29 is 4.74 Å². The van der Waals surface area contributed by atoms with E-state index in [0.29, 0.717) is 11.6 Å². The van der Waals surface area contributed by atoms with Crippen LogP contribution in [-0.4, -0.2) is 4.98 Å². The maximum Gasteiger partial charge on any atom is 0.221 e. The van der Waals surface area contributed by atoms with Crippen molar-refractivity contribution in [3.05, 3.63) is 48.2 Å². The van der Waals surface area contributed by atoms with Gasteiger partial charge in [0.2, 0.25) is 5.88 Å². The highest BCUT2D eigenvalue weighted by molar-refractivity contribution is 5.47. The SMILES string of the molecule is Cc1cnc(Oc2ccccc2)cc1N. The number of nitrogens with two attached hydrogens (primary N) is 1. The zero-order valence-electron chi connectivity index (χ0n) is 8.47. The number of nitrogen functional groups attached to an aromatic ring is 1. The third-order valence-corrected chi connectivity index (χ3v) is 2.09. The summed E-state index contributed by atoms with van der Waals surface area (Å²) in [5.74, 6) is 1.28. The van der Waals surface area contributed by atoms with Gasteiger partial charge in [0, 0.05) is 18.0 Å². The molecule has 0 bridgehead atoms. The second-order valence-electron chi connectivity index (χ2n) is 3.29. The van der Waals surface area contributed by atoms with Crippen LogP contribution in [0.4, 0.5) is 5.69 Å². The number of benzene rings is 1. The largest absolute Gasteiger partial charge is 0.439 e. The summed E-state index contributed by atoms with van der Waals surface area (Å²) in [6.07, 6.45) is 1.70. The van der Waals surface area contributed by atoms with Gasteiger partial charge in [0.15, 0.2) is 0 Å². The zero-order chi connectivity index (χ0) is 10.7. The summed E-state index contributed by atoms with van der Waals surface area (Å²) in [7, 11) is 0. The second-order valence-corrected chi connectivity index (χ2v) is 3.29. The molecule has 3 heteroatoms. The summed E-state index contributed by atoms with van der Waals surface area (Å²) in [5.41, 5.74) is 7.40. The van der Waals surface area contributed by atoms with E-state index in [9.17, 15) is 0 Å². The maximum atomic E-state index is 5.75. The average molecular weight is 200 g/mol. The van der Waals surface area contributed by atoms with Gasteiger partial charge in [0.25, 0.3) is 0 Å². The van der Waals surface area contributed by atoms with E-state index in [2.05, 4.69) is 4.98 Å². The van der Waals surface area contributed by atoms with Crippen molar-refractivity contribution in [1.82, 2.24) is 4.98 Å². The Morgan fingerprint density at radius 1 is 1.20 bits per heavy atom. The van der Waals surface area contributed by atoms with Gasteiger partial charge >= 0.3 is 0 Å². The monoisotopic (exact) mass is 200 g/mol. The molecule has 1 aromatic heterocycles. The number of rotatable bonds is 2. The van der Waals surface area contributed by atoms with E-state index in [-0.39, 0.29) is 0 Å². The molecule has 0 amide bonds. The molecule has 1 aromatic carbocycles. The van der Waals surface area contributed by atoms with Crippen LogP contribution in [0, 0.1) is 6.92 Å². The van der Waals surface area contributed by atoms with Crippen LogP contribution in [0.3, 0.4) is 0 Å². The maximum absolute atomic E-state index is 5.75. The van der Waals surface area contributed by atoms with Gasteiger partial charge in [-0.2, -0.15) is 0 Å². The van der Waals surface area contributed by atoms with Crippen molar-refractivity contribution in [2.75, 3.05) is 5.73 Å². The molecule has 15 heavy (non-hydrogen) atoms. The number of para-hydroxylation sites is 1. The van der Waals surface area contributed by atoms with Crippen molar-refractivity contribution >= 4 is 5.69 Å². The van der Waals surface area contributed by atoms with E-state index in [1.807, 2.05) is 37.3 Å². The fourth-order valence-electron chi connectivity index (χ4n) is 1.18. The van der Waals surface area contributed by atoms with Gasteiger partial charge < -0.3 is 10.5 Å². The number of ether oxygens (including phenoxy) is 1. The van der Waals surface area contributed by atoms with Crippen LogP contribution >= 0.6 is 0 Å². The van der Waals surface area contributed by atoms with Gasteiger partial charge in [-0.3, -0.25) is 0 Å². The number of aromatic nitrogens is 1. The van der Waals surface area contributed by atoms with Gasteiger partial charge in [0.05, 0.1) is 0 Å². The summed E-state index contributed by atoms with van der Waals surface area (Å²) in [6, 6.07) is 11.2. The molecule has 0 saturated heterocycles. The lowest BCUT2D eigenvalue weighted by atomic mass is 10.3. The molecule has 2 aromatic rings. The lowest BCUT2D eigenvalue weighted by Crippen LogP contribution is -1.93. The fraction of sp³-hybridized carbons (Fsp3) is 0.0833. The van der Waals surface area contributed by atoms with E-state index in [0.717, 1.165) is 11.3 Å². The summed E-state index contributed by atoms with van der Waals surface area (Å²) in [5, 5.41) is 0. The lowest BCUT2D eigenvalue weighted by molar-refractivity contribution is 0.463. The van der Waals surface area contributed by atoms with Gasteiger partial charge in [-0.05, 0) is 24.6 Å². The molecule has 1 heterocycles. The van der Waals surface area contributed by atoms with E-state index < -0.39 is 0 Å². The Morgan fingerprint density at radius 2 is 1.93 bits per heavy atom. The van der Waals surface area contributed by atoms with Crippen molar-refractivity contribution in [2.45, 2.75) is 6.92 Å². The van der Waals surface area contributed by atoms with Crippen LogP contribution in [0.25, 0.3) is 0 Å². The summed E-state index contributed by atoms with van der Waals surface area (Å²) >= 11 is 0. The standard InChI is InChI=1S/C12H12N2O/c1-9-8-14-12(7-11(9)13)15-10-5-3-2-4-6-10/h2-8H,1H3,(H2,13,14). The molecule has 0 spiro atoms. The summed E-state index contributed by atoms with van der Waals surface area (Å²) < 4.78 is 5.52. The first kappa shape index (κ1) is 9.52. The summed E-state index contributed by atoms with van der Waals surface area (Å²) in [4.78, 5) is 4.13. The Hall–Kier alpha value is -2.03. The lowest BCUT2D eigenvalue weighted by Gasteiger charge is -2.05. The molecule has 0 radical (unpaired) electrons. The zero-order valence-corrected chi connectivity index (χ0v) is 8.47. The van der Waals surface area contributed by atoms with E-state index in [1.54, 1.807) is 12.3 Å². The second kappa shape index (κ2) is 4.00. The van der Waals surface area contributed by atoms with Crippen molar-refractivity contribution in [2.24, 2.45) is 0 Å². The molecule has 0 fully saturated rings. The fourth-order valence-corrected chi connectivity index (χ4v) is 1.18. The molecule has 0 aliphatic rings. The van der Waals surface area contributed by atoms with Crippen LogP contribution in [0.5, 0.6) is 11.6 Å². The number of aryl methyl sites for hydroxylation is 1. The van der Waals surface area contributed by atoms with Gasteiger partial charge in [-0.1, -0.05) is 18.2 Å². The molecule has 0 atom stereocenters. The van der Waals surface area contributed by atoms with E-state index in [1.165, 1.54) is 0 Å². The molecule has 0 saturated carbocycles. The first-order valence-corrected chi connectivity index (χ1v) is 4.71. The Labute approximate surface area is 88.5 Å². The first-order valence-electron chi connectivity index (χ1n) is 4.71. The predicted molar refractivity (Wildman–Crippen MR) is 59.9 cm³/mol. The third kappa shape index (κ3) is 2.26. The van der Waals surface area contributed by atoms with Gasteiger partial charge in [-0.25, -0.2) is 4.98 Å². The molecule has 76 valence electrons. The Balaban J connectivity index is 2.22. The molecule has 2 N–H and O–H groups in total. The Bertz CT molecular complexity index is 454. The smallest absolute Gasteiger partial charge is 0.221 e. The number of nitrogens with zero attached hydrogens (tertiary/aromatic N) is 1. The van der Waals surface area contributed by atoms with Crippen LogP contribution in [0.15, 0.2) is 42.6 Å². The highest BCUT2D eigenvalue weighted by Crippen LogP contribution is 2.21. The molecule has 2 rings (SSSR count). The minimum atomic E-state index is 0.518. The van der Waals surface area contributed by atoms with Gasteiger partial charge in [0.1, 0.15) is 5.75 Å². The van der Waals surface area contributed by atoms with Crippen molar-refractivity contribution in [3.63, 3.8) is 0 Å². The van der Waals surface area contributed by atoms with Crippen LogP contribution < -0.4 is 10.5 Å². The highest BCUT2D eigenvalue weighted by atomic mass is 16.5. The van der Waals surface area contributed by atoms with Crippen LogP contribution in [0.2, 0.25) is 0 Å². The van der Waals surface area contributed by atoms with Crippen molar-refractivity contribution in [1.29, 1.82) is 0 Å². The minimum absolute atomic E-state index is 0.518.